The Morgan fingerprint density at radius 3 is 2.21 bits per heavy atom. The summed E-state index contributed by atoms with van der Waals surface area (Å²) in [6, 6.07) is 9.09. The highest BCUT2D eigenvalue weighted by Crippen LogP contribution is 2.12. The number of hydrogen-bond acceptors (Lipinski definition) is 4. The second-order valence-corrected chi connectivity index (χ2v) is 6.54. The predicted molar refractivity (Wildman–Crippen MR) is 89.8 cm³/mol. The van der Waals surface area contributed by atoms with Gasteiger partial charge in [-0.2, -0.15) is 0 Å². The highest BCUT2D eigenvalue weighted by atomic mass is 16.6. The van der Waals surface area contributed by atoms with E-state index in [4.69, 9.17) is 9.47 Å². The number of benzene rings is 1. The average Bonchev–Trinajstić information content (AvgIpc) is 2.54. The van der Waals surface area contributed by atoms with Crippen molar-refractivity contribution >= 4 is 12.1 Å². The average molecular weight is 335 g/mol. The third kappa shape index (κ3) is 5.64. The predicted octanol–water partition coefficient (Wildman–Crippen LogP) is 2.29. The van der Waals surface area contributed by atoms with Gasteiger partial charge in [-0.1, -0.05) is 18.2 Å². The van der Waals surface area contributed by atoms with Crippen LogP contribution in [0.15, 0.2) is 30.3 Å². The third-order valence-electron chi connectivity index (χ3n) is 3.42. The Labute approximate surface area is 142 Å². The summed E-state index contributed by atoms with van der Waals surface area (Å²) in [4.78, 5) is 27.4. The van der Waals surface area contributed by atoms with E-state index in [-0.39, 0.29) is 18.9 Å². The maximum absolute atomic E-state index is 12.1. The summed E-state index contributed by atoms with van der Waals surface area (Å²) in [6.45, 7) is 7.47. The van der Waals surface area contributed by atoms with E-state index in [1.165, 1.54) is 0 Å². The lowest BCUT2D eigenvalue weighted by molar-refractivity contribution is 0.0168. The fraction of sp³-hybridized carbons (Fsp3) is 0.529. The van der Waals surface area contributed by atoms with Crippen LogP contribution in [0.25, 0.3) is 0 Å². The first-order valence-electron chi connectivity index (χ1n) is 8.04. The number of nitrogens with one attached hydrogen (secondary N) is 1. The molecule has 0 atom stereocenters. The summed E-state index contributed by atoms with van der Waals surface area (Å²) in [5, 5.41) is 2.71. The van der Waals surface area contributed by atoms with Gasteiger partial charge >= 0.3 is 12.1 Å². The Balaban J connectivity index is 1.70. The number of ether oxygens (including phenoxy) is 2. The molecule has 0 radical (unpaired) electrons. The Morgan fingerprint density at radius 2 is 1.62 bits per heavy atom. The zero-order chi connectivity index (χ0) is 17.6. The largest absolute Gasteiger partial charge is 0.473 e. The lowest BCUT2D eigenvalue weighted by atomic mass is 10.2. The molecule has 0 aromatic heterocycles. The lowest BCUT2D eigenvalue weighted by Crippen LogP contribution is -2.54. The van der Waals surface area contributed by atoms with Crippen molar-refractivity contribution in [3.8, 4) is 5.75 Å². The van der Waals surface area contributed by atoms with Crippen molar-refractivity contribution in [2.24, 2.45) is 0 Å². The topological polar surface area (TPSA) is 71.1 Å². The van der Waals surface area contributed by atoms with Crippen LogP contribution < -0.4 is 10.1 Å². The summed E-state index contributed by atoms with van der Waals surface area (Å²) < 4.78 is 10.8. The highest BCUT2D eigenvalue weighted by molar-refractivity contribution is 5.75. The number of hydrogen-bond donors (Lipinski definition) is 1. The SMILES string of the molecule is CC(C)(C)OC(=O)N1CCN(C(=O)NCOc2ccccc2)CC1. The van der Waals surface area contributed by atoms with Gasteiger partial charge in [0.25, 0.3) is 0 Å². The molecule has 2 rings (SSSR count). The van der Waals surface area contributed by atoms with E-state index in [0.29, 0.717) is 31.9 Å². The Hall–Kier alpha value is -2.44. The molecule has 1 saturated heterocycles. The molecule has 1 N–H and O–H groups in total. The number of rotatable bonds is 3. The van der Waals surface area contributed by atoms with Crippen molar-refractivity contribution in [1.29, 1.82) is 0 Å². The van der Waals surface area contributed by atoms with E-state index in [0.717, 1.165) is 0 Å². The maximum Gasteiger partial charge on any atom is 0.410 e. The van der Waals surface area contributed by atoms with Crippen LogP contribution in [-0.2, 0) is 4.74 Å². The molecule has 1 aromatic rings. The third-order valence-corrected chi connectivity index (χ3v) is 3.42. The lowest BCUT2D eigenvalue weighted by Gasteiger charge is -2.35. The molecule has 7 nitrogen and oxygen atoms in total. The standard InChI is InChI=1S/C17H25N3O4/c1-17(2,3)24-16(22)20-11-9-19(10-12-20)15(21)18-13-23-14-7-5-4-6-8-14/h4-8H,9-13H2,1-3H3,(H,18,21). The number of carbonyl (C=O) groups excluding carboxylic acids is 2. The number of urea groups is 1. The van der Waals surface area contributed by atoms with Crippen molar-refractivity contribution in [2.75, 3.05) is 32.9 Å². The van der Waals surface area contributed by atoms with Crippen molar-refractivity contribution in [2.45, 2.75) is 26.4 Å². The number of piperazine rings is 1. The quantitative estimate of drug-likeness (QED) is 0.860. The van der Waals surface area contributed by atoms with Gasteiger partial charge in [-0.3, -0.25) is 0 Å². The van der Waals surface area contributed by atoms with Crippen molar-refractivity contribution in [3.05, 3.63) is 30.3 Å². The van der Waals surface area contributed by atoms with E-state index in [9.17, 15) is 9.59 Å². The molecule has 0 saturated carbocycles. The second-order valence-electron chi connectivity index (χ2n) is 6.54. The molecule has 1 heterocycles. The normalized spacial score (nSPS) is 15.0. The molecule has 3 amide bonds. The van der Waals surface area contributed by atoms with E-state index >= 15 is 0 Å². The molecular formula is C17H25N3O4. The van der Waals surface area contributed by atoms with E-state index in [1.54, 1.807) is 9.80 Å². The van der Waals surface area contributed by atoms with Gasteiger partial charge in [-0.15, -0.1) is 0 Å². The fourth-order valence-corrected chi connectivity index (χ4v) is 2.23. The second kappa shape index (κ2) is 7.90. The van der Waals surface area contributed by atoms with Gasteiger partial charge in [-0.25, -0.2) is 9.59 Å². The van der Waals surface area contributed by atoms with Crippen LogP contribution in [0, 0.1) is 0 Å². The van der Waals surface area contributed by atoms with Gasteiger partial charge in [-0.05, 0) is 32.9 Å². The molecule has 24 heavy (non-hydrogen) atoms. The van der Waals surface area contributed by atoms with Crippen molar-refractivity contribution in [3.63, 3.8) is 0 Å². The van der Waals surface area contributed by atoms with Crippen LogP contribution in [0.3, 0.4) is 0 Å². The van der Waals surface area contributed by atoms with Crippen LogP contribution in [0.4, 0.5) is 9.59 Å². The Kier molecular flexibility index (Phi) is 5.89. The summed E-state index contributed by atoms with van der Waals surface area (Å²) >= 11 is 0. The molecule has 7 heteroatoms. The van der Waals surface area contributed by atoms with E-state index in [2.05, 4.69) is 5.32 Å². The van der Waals surface area contributed by atoms with Gasteiger partial charge in [0.05, 0.1) is 0 Å². The van der Waals surface area contributed by atoms with Crippen LogP contribution in [0.1, 0.15) is 20.8 Å². The first-order valence-corrected chi connectivity index (χ1v) is 8.04. The first kappa shape index (κ1) is 17.9. The van der Waals surface area contributed by atoms with Gasteiger partial charge in [0, 0.05) is 26.2 Å². The van der Waals surface area contributed by atoms with Gasteiger partial charge in [0.2, 0.25) is 0 Å². The fourth-order valence-electron chi connectivity index (χ4n) is 2.23. The summed E-state index contributed by atoms with van der Waals surface area (Å²) in [5.74, 6) is 0.701. The molecule has 0 spiro atoms. The molecule has 1 aromatic carbocycles. The zero-order valence-corrected chi connectivity index (χ0v) is 14.4. The number of carbonyl (C=O) groups is 2. The van der Waals surface area contributed by atoms with Crippen molar-refractivity contribution in [1.82, 2.24) is 15.1 Å². The Morgan fingerprint density at radius 1 is 1.04 bits per heavy atom. The molecule has 0 aliphatic carbocycles. The van der Waals surface area contributed by atoms with Gasteiger partial charge in [0.1, 0.15) is 11.4 Å². The van der Waals surface area contributed by atoms with E-state index < -0.39 is 5.60 Å². The van der Waals surface area contributed by atoms with Crippen LogP contribution in [0.5, 0.6) is 5.75 Å². The Bertz CT molecular complexity index is 549. The van der Waals surface area contributed by atoms with E-state index in [1.807, 2.05) is 51.1 Å². The van der Waals surface area contributed by atoms with Crippen LogP contribution >= 0.6 is 0 Å². The van der Waals surface area contributed by atoms with Crippen LogP contribution in [0.2, 0.25) is 0 Å². The molecular weight excluding hydrogens is 310 g/mol. The number of para-hydroxylation sites is 1. The van der Waals surface area contributed by atoms with Gasteiger partial charge in [0.15, 0.2) is 6.73 Å². The minimum Gasteiger partial charge on any atom is -0.473 e. The molecule has 0 unspecified atom stereocenters. The van der Waals surface area contributed by atoms with Crippen LogP contribution in [-0.4, -0.2) is 60.4 Å². The molecule has 132 valence electrons. The molecule has 0 bridgehead atoms. The summed E-state index contributed by atoms with van der Waals surface area (Å²) in [5.41, 5.74) is -0.514. The summed E-state index contributed by atoms with van der Waals surface area (Å²) in [6.07, 6.45) is -0.338. The monoisotopic (exact) mass is 335 g/mol. The number of nitrogens with zero attached hydrogens (tertiary/aromatic N) is 2. The zero-order valence-electron chi connectivity index (χ0n) is 14.4. The molecule has 1 fully saturated rings. The smallest absolute Gasteiger partial charge is 0.410 e. The molecule has 1 aliphatic rings. The number of amides is 3. The maximum atomic E-state index is 12.1. The molecule has 1 aliphatic heterocycles. The van der Waals surface area contributed by atoms with Gasteiger partial charge < -0.3 is 24.6 Å². The highest BCUT2D eigenvalue weighted by Gasteiger charge is 2.27. The first-order chi connectivity index (χ1) is 11.3. The minimum absolute atomic E-state index is 0.106. The van der Waals surface area contributed by atoms with Crippen molar-refractivity contribution < 1.29 is 19.1 Å². The summed E-state index contributed by atoms with van der Waals surface area (Å²) in [7, 11) is 0. The minimum atomic E-state index is -0.514.